The van der Waals surface area contributed by atoms with Gasteiger partial charge >= 0.3 is 11.7 Å². The first kappa shape index (κ1) is 16.7. The number of imidazole rings is 1. The normalized spacial score (nSPS) is 14.1. The van der Waals surface area contributed by atoms with E-state index >= 15 is 0 Å². The molecule has 3 rings (SSSR count). The molecule has 2 aromatic heterocycles. The van der Waals surface area contributed by atoms with Crippen LogP contribution in [0, 0.1) is 0 Å². The van der Waals surface area contributed by atoms with E-state index in [0.29, 0.717) is 29.3 Å². The molecule has 1 aliphatic heterocycles. The molecule has 9 heteroatoms. The van der Waals surface area contributed by atoms with Gasteiger partial charge in [0.1, 0.15) is 0 Å². The van der Waals surface area contributed by atoms with Crippen LogP contribution in [-0.2, 0) is 30.7 Å². The van der Waals surface area contributed by atoms with Crippen LogP contribution in [0.2, 0.25) is 0 Å². The summed E-state index contributed by atoms with van der Waals surface area (Å²) in [5.74, 6) is 0.0679. The summed E-state index contributed by atoms with van der Waals surface area (Å²) in [7, 11) is 4.70. The smallest absolute Gasteiger partial charge is 0.335 e. The number of nitrogens with zero attached hydrogens (tertiary/aromatic N) is 5. The molecule has 0 saturated carbocycles. The Morgan fingerprint density at radius 2 is 1.92 bits per heavy atom. The van der Waals surface area contributed by atoms with E-state index < -0.39 is 11.2 Å². The van der Waals surface area contributed by atoms with E-state index in [-0.39, 0.29) is 12.5 Å². The van der Waals surface area contributed by atoms with Gasteiger partial charge in [0, 0.05) is 27.3 Å². The maximum atomic E-state index is 12.4. The lowest BCUT2D eigenvalue weighted by Crippen LogP contribution is -2.37. The Labute approximate surface area is 143 Å². The van der Waals surface area contributed by atoms with E-state index in [9.17, 15) is 14.4 Å². The third-order valence-electron chi connectivity index (χ3n) is 4.15. The average molecular weight is 345 g/mol. The van der Waals surface area contributed by atoms with Crippen molar-refractivity contribution in [3.63, 3.8) is 0 Å². The van der Waals surface area contributed by atoms with Gasteiger partial charge in [-0.15, -0.1) is 0 Å². The predicted molar refractivity (Wildman–Crippen MR) is 92.4 cm³/mol. The summed E-state index contributed by atoms with van der Waals surface area (Å²) in [5, 5.41) is 0. The Morgan fingerprint density at radius 1 is 1.20 bits per heavy atom. The lowest BCUT2D eigenvalue weighted by molar-refractivity contribution is -0.138. The van der Waals surface area contributed by atoms with Gasteiger partial charge in [-0.05, 0) is 19.1 Å². The molecule has 132 valence electrons. The van der Waals surface area contributed by atoms with E-state index in [1.165, 1.54) is 11.6 Å². The molecule has 3 heterocycles. The molecule has 0 N–H and O–H groups in total. The molecule has 1 aliphatic rings. The van der Waals surface area contributed by atoms with Crippen LogP contribution >= 0.6 is 0 Å². The van der Waals surface area contributed by atoms with Gasteiger partial charge in [-0.2, -0.15) is 4.98 Å². The van der Waals surface area contributed by atoms with Gasteiger partial charge in [0.15, 0.2) is 11.2 Å². The zero-order valence-electron chi connectivity index (χ0n) is 14.5. The Morgan fingerprint density at radius 3 is 2.60 bits per heavy atom. The molecule has 0 atom stereocenters. The van der Waals surface area contributed by atoms with Crippen molar-refractivity contribution in [1.82, 2.24) is 18.7 Å². The molecule has 0 bridgehead atoms. The molecule has 0 radical (unpaired) electrons. The van der Waals surface area contributed by atoms with Gasteiger partial charge in [-0.1, -0.05) is 0 Å². The van der Waals surface area contributed by atoms with Crippen molar-refractivity contribution >= 4 is 23.1 Å². The van der Waals surface area contributed by atoms with Crippen molar-refractivity contribution in [2.45, 2.75) is 6.92 Å². The van der Waals surface area contributed by atoms with Gasteiger partial charge in [-0.3, -0.25) is 13.9 Å². The SMILES string of the molecule is CCOC(=O)C1=CC=CN(c2nc3c(c(=O)n(C)c(=O)n3C)n2C)C1. The lowest BCUT2D eigenvalue weighted by Gasteiger charge is -2.22. The number of carbonyl (C=O) groups excluding carboxylic acids is 1. The number of aryl methyl sites for hydroxylation is 2. The summed E-state index contributed by atoms with van der Waals surface area (Å²) in [5.41, 5.74) is 0.245. The van der Waals surface area contributed by atoms with Gasteiger partial charge in [-0.25, -0.2) is 9.59 Å². The third-order valence-corrected chi connectivity index (χ3v) is 4.15. The molecule has 0 aromatic carbocycles. The van der Waals surface area contributed by atoms with Gasteiger partial charge < -0.3 is 14.2 Å². The highest BCUT2D eigenvalue weighted by Gasteiger charge is 2.23. The minimum Gasteiger partial charge on any atom is -0.463 e. The highest BCUT2D eigenvalue weighted by atomic mass is 16.5. The molecular formula is C16H19N5O4. The molecule has 0 amide bonds. The number of aromatic nitrogens is 4. The average Bonchev–Trinajstić information content (AvgIpc) is 2.96. The Hall–Kier alpha value is -3.10. The second-order valence-electron chi connectivity index (χ2n) is 5.73. The second kappa shape index (κ2) is 6.08. The molecular weight excluding hydrogens is 326 g/mol. The van der Waals surface area contributed by atoms with Crippen molar-refractivity contribution in [2.75, 3.05) is 18.1 Å². The molecule has 2 aromatic rings. The van der Waals surface area contributed by atoms with E-state index in [0.717, 1.165) is 4.57 Å². The molecule has 25 heavy (non-hydrogen) atoms. The lowest BCUT2D eigenvalue weighted by atomic mass is 10.2. The largest absolute Gasteiger partial charge is 0.463 e. The van der Waals surface area contributed by atoms with Crippen LogP contribution in [0.4, 0.5) is 5.95 Å². The van der Waals surface area contributed by atoms with Gasteiger partial charge in [0.25, 0.3) is 5.56 Å². The molecule has 0 saturated heterocycles. The minimum atomic E-state index is -0.441. The van der Waals surface area contributed by atoms with Crippen molar-refractivity contribution in [1.29, 1.82) is 0 Å². The monoisotopic (exact) mass is 345 g/mol. The van der Waals surface area contributed by atoms with Crippen molar-refractivity contribution in [2.24, 2.45) is 21.1 Å². The highest BCUT2D eigenvalue weighted by Crippen LogP contribution is 2.21. The van der Waals surface area contributed by atoms with Crippen LogP contribution in [0.5, 0.6) is 0 Å². The predicted octanol–water partition coefficient (Wildman–Crippen LogP) is -0.206. The Kier molecular flexibility index (Phi) is 4.07. The molecule has 0 fully saturated rings. The van der Waals surface area contributed by atoms with Crippen LogP contribution in [0.1, 0.15) is 6.92 Å². The summed E-state index contributed by atoms with van der Waals surface area (Å²) in [6.07, 6.45) is 5.16. The standard InChI is InChI=1S/C16H19N5O4/c1-5-25-14(23)10-7-6-8-21(9-10)15-17-12-11(18(15)2)13(22)20(4)16(24)19(12)3/h6-8H,5,9H2,1-4H3. The Balaban J connectivity index is 2.10. The summed E-state index contributed by atoms with van der Waals surface area (Å²) >= 11 is 0. The molecule has 0 aliphatic carbocycles. The summed E-state index contributed by atoms with van der Waals surface area (Å²) in [6.45, 7) is 2.31. The van der Waals surface area contributed by atoms with Crippen LogP contribution in [0.15, 0.2) is 33.5 Å². The number of fused-ring (bicyclic) bond motifs is 1. The number of rotatable bonds is 3. The maximum Gasteiger partial charge on any atom is 0.335 e. The maximum absolute atomic E-state index is 12.4. The van der Waals surface area contributed by atoms with Crippen molar-refractivity contribution < 1.29 is 9.53 Å². The van der Waals surface area contributed by atoms with Crippen molar-refractivity contribution in [3.8, 4) is 0 Å². The number of allylic oxidation sites excluding steroid dienone is 2. The first-order valence-electron chi connectivity index (χ1n) is 7.80. The van der Waals surface area contributed by atoms with E-state index in [1.54, 1.807) is 48.8 Å². The topological polar surface area (TPSA) is 91.4 Å². The molecule has 0 spiro atoms. The quantitative estimate of drug-likeness (QED) is 0.715. The van der Waals surface area contributed by atoms with Crippen LogP contribution in [0.25, 0.3) is 11.2 Å². The third kappa shape index (κ3) is 2.57. The molecule has 9 nitrogen and oxygen atoms in total. The Bertz CT molecular complexity index is 1040. The number of hydrogen-bond acceptors (Lipinski definition) is 6. The van der Waals surface area contributed by atoms with E-state index in [1.807, 2.05) is 0 Å². The summed E-state index contributed by atoms with van der Waals surface area (Å²) in [4.78, 5) is 42.7. The summed E-state index contributed by atoms with van der Waals surface area (Å²) < 4.78 is 9.03. The van der Waals surface area contributed by atoms with Gasteiger partial charge in [0.2, 0.25) is 5.95 Å². The number of carbonyl (C=O) groups is 1. The number of ether oxygens (including phenoxy) is 1. The fourth-order valence-corrected chi connectivity index (χ4v) is 2.81. The number of hydrogen-bond donors (Lipinski definition) is 0. The minimum absolute atomic E-state index is 0.265. The van der Waals surface area contributed by atoms with Crippen molar-refractivity contribution in [3.05, 3.63) is 44.8 Å². The molecule has 0 unspecified atom stereocenters. The van der Waals surface area contributed by atoms with Crippen LogP contribution in [-0.4, -0.2) is 37.8 Å². The number of esters is 1. The fraction of sp³-hybridized carbons (Fsp3) is 0.375. The first-order chi connectivity index (χ1) is 11.9. The zero-order chi connectivity index (χ0) is 18.3. The fourth-order valence-electron chi connectivity index (χ4n) is 2.81. The first-order valence-corrected chi connectivity index (χ1v) is 7.80. The second-order valence-corrected chi connectivity index (χ2v) is 5.73. The van der Waals surface area contributed by atoms with Gasteiger partial charge in [0.05, 0.1) is 18.7 Å². The summed E-state index contributed by atoms with van der Waals surface area (Å²) in [6, 6.07) is 0. The highest BCUT2D eigenvalue weighted by molar-refractivity contribution is 5.90. The van der Waals surface area contributed by atoms with Crippen LogP contribution < -0.4 is 16.1 Å². The van der Waals surface area contributed by atoms with Crippen LogP contribution in [0.3, 0.4) is 0 Å². The zero-order valence-corrected chi connectivity index (χ0v) is 14.5. The van der Waals surface area contributed by atoms with E-state index in [2.05, 4.69) is 4.98 Å². The van der Waals surface area contributed by atoms with E-state index in [4.69, 9.17) is 4.74 Å². The number of anilines is 1.